The van der Waals surface area contributed by atoms with E-state index in [4.69, 9.17) is 5.73 Å². The first-order valence-corrected chi connectivity index (χ1v) is 6.14. The molecule has 6 heteroatoms. The van der Waals surface area contributed by atoms with Crippen LogP contribution in [0.3, 0.4) is 0 Å². The standard InChI is InChI=1S/C15H10F2N2O2/c1-7-2-3-12(18)13(4-7)19-14(20)8-5-10(16)11(17)6-9(8)15(19)21/h2-6H,18H2,1H3. The number of amides is 2. The van der Waals surface area contributed by atoms with Crippen LogP contribution in [0.1, 0.15) is 26.3 Å². The number of benzene rings is 2. The number of imide groups is 1. The van der Waals surface area contributed by atoms with Crippen LogP contribution in [0, 0.1) is 18.6 Å². The molecule has 4 nitrogen and oxygen atoms in total. The summed E-state index contributed by atoms with van der Waals surface area (Å²) < 4.78 is 26.5. The number of anilines is 2. The fourth-order valence-electron chi connectivity index (χ4n) is 2.30. The number of fused-ring (bicyclic) bond motifs is 1. The van der Waals surface area contributed by atoms with Crippen molar-refractivity contribution in [2.75, 3.05) is 10.6 Å². The van der Waals surface area contributed by atoms with Gasteiger partial charge in [-0.15, -0.1) is 0 Å². The molecule has 3 rings (SSSR count). The van der Waals surface area contributed by atoms with Gasteiger partial charge in [0.2, 0.25) is 0 Å². The third kappa shape index (κ3) is 1.87. The molecule has 0 fully saturated rings. The van der Waals surface area contributed by atoms with Crippen LogP contribution < -0.4 is 10.6 Å². The van der Waals surface area contributed by atoms with Crippen molar-refractivity contribution in [3.05, 3.63) is 58.7 Å². The first-order chi connectivity index (χ1) is 9.90. The number of carbonyl (C=O) groups excluding carboxylic acids is 2. The lowest BCUT2D eigenvalue weighted by Crippen LogP contribution is -2.30. The molecule has 0 bridgehead atoms. The van der Waals surface area contributed by atoms with Gasteiger partial charge in [0.25, 0.3) is 11.8 Å². The Balaban J connectivity index is 2.18. The Morgan fingerprint density at radius 2 is 1.48 bits per heavy atom. The maximum atomic E-state index is 13.3. The molecule has 0 radical (unpaired) electrons. The number of hydrogen-bond acceptors (Lipinski definition) is 3. The molecule has 106 valence electrons. The summed E-state index contributed by atoms with van der Waals surface area (Å²) in [5.41, 5.74) is 6.70. The minimum absolute atomic E-state index is 0.167. The Kier molecular flexibility index (Phi) is 2.76. The molecule has 0 aromatic heterocycles. The van der Waals surface area contributed by atoms with E-state index in [9.17, 15) is 18.4 Å². The normalized spacial score (nSPS) is 13.8. The van der Waals surface area contributed by atoms with Crippen molar-refractivity contribution in [2.45, 2.75) is 6.92 Å². The van der Waals surface area contributed by atoms with E-state index in [1.807, 2.05) is 0 Å². The van der Waals surface area contributed by atoms with E-state index in [1.165, 1.54) is 0 Å². The van der Waals surface area contributed by atoms with Crippen molar-refractivity contribution in [3.8, 4) is 0 Å². The predicted molar refractivity (Wildman–Crippen MR) is 73.1 cm³/mol. The molecule has 1 heterocycles. The van der Waals surface area contributed by atoms with Gasteiger partial charge < -0.3 is 5.73 Å². The van der Waals surface area contributed by atoms with Gasteiger partial charge in [0.05, 0.1) is 22.5 Å². The minimum atomic E-state index is -1.17. The molecule has 2 amide bonds. The number of carbonyl (C=O) groups is 2. The molecule has 1 aliphatic heterocycles. The highest BCUT2D eigenvalue weighted by molar-refractivity contribution is 6.35. The van der Waals surface area contributed by atoms with Crippen LogP contribution in [-0.4, -0.2) is 11.8 Å². The fourth-order valence-corrected chi connectivity index (χ4v) is 2.30. The molecule has 0 aliphatic carbocycles. The van der Waals surface area contributed by atoms with E-state index in [1.54, 1.807) is 25.1 Å². The third-order valence-corrected chi connectivity index (χ3v) is 3.35. The lowest BCUT2D eigenvalue weighted by atomic mass is 10.1. The summed E-state index contributed by atoms with van der Waals surface area (Å²) in [5, 5.41) is 0. The van der Waals surface area contributed by atoms with E-state index < -0.39 is 23.4 Å². The highest BCUT2D eigenvalue weighted by Crippen LogP contribution is 2.33. The SMILES string of the molecule is Cc1ccc(N)c(N2C(=O)c3cc(F)c(F)cc3C2=O)c1. The molecule has 2 aromatic carbocycles. The summed E-state index contributed by atoms with van der Waals surface area (Å²) >= 11 is 0. The van der Waals surface area contributed by atoms with Crippen LogP contribution in [0.25, 0.3) is 0 Å². The molecule has 2 N–H and O–H groups in total. The summed E-state index contributed by atoms with van der Waals surface area (Å²) in [6.07, 6.45) is 0. The van der Waals surface area contributed by atoms with Gasteiger partial charge in [0, 0.05) is 0 Å². The number of nitrogens with two attached hydrogens (primary N) is 1. The second-order valence-corrected chi connectivity index (χ2v) is 4.82. The Bertz CT molecular complexity index is 762. The first-order valence-electron chi connectivity index (χ1n) is 6.14. The monoisotopic (exact) mass is 288 g/mol. The van der Waals surface area contributed by atoms with Crippen molar-refractivity contribution in [2.24, 2.45) is 0 Å². The van der Waals surface area contributed by atoms with Gasteiger partial charge in [-0.05, 0) is 36.8 Å². The molecule has 2 aromatic rings. The van der Waals surface area contributed by atoms with E-state index in [2.05, 4.69) is 0 Å². The number of hydrogen-bond donors (Lipinski definition) is 1. The van der Waals surface area contributed by atoms with Crippen molar-refractivity contribution < 1.29 is 18.4 Å². The molecule has 21 heavy (non-hydrogen) atoms. The smallest absolute Gasteiger partial charge is 0.266 e. The second-order valence-electron chi connectivity index (χ2n) is 4.82. The number of nitrogens with zero attached hydrogens (tertiary/aromatic N) is 1. The van der Waals surface area contributed by atoms with Crippen molar-refractivity contribution >= 4 is 23.2 Å². The third-order valence-electron chi connectivity index (χ3n) is 3.35. The van der Waals surface area contributed by atoms with Crippen LogP contribution >= 0.6 is 0 Å². The highest BCUT2D eigenvalue weighted by atomic mass is 19.2. The van der Waals surface area contributed by atoms with Crippen LogP contribution in [0.4, 0.5) is 20.2 Å². The van der Waals surface area contributed by atoms with Gasteiger partial charge in [-0.25, -0.2) is 13.7 Å². The molecular weight excluding hydrogens is 278 g/mol. The van der Waals surface area contributed by atoms with Gasteiger partial charge in [0.1, 0.15) is 0 Å². The Morgan fingerprint density at radius 1 is 0.952 bits per heavy atom. The maximum absolute atomic E-state index is 13.3. The summed E-state index contributed by atoms with van der Waals surface area (Å²) in [6, 6.07) is 6.34. The predicted octanol–water partition coefficient (Wildman–Crippen LogP) is 2.66. The summed E-state index contributed by atoms with van der Waals surface area (Å²) in [5.74, 6) is -3.78. The average Bonchev–Trinajstić information content (AvgIpc) is 2.66. The lowest BCUT2D eigenvalue weighted by molar-refractivity contribution is 0.0926. The van der Waals surface area contributed by atoms with Crippen LogP contribution in [0.15, 0.2) is 30.3 Å². The molecular formula is C15H10F2N2O2. The van der Waals surface area contributed by atoms with Gasteiger partial charge in [-0.3, -0.25) is 9.59 Å². The Labute approximate surface area is 118 Å². The van der Waals surface area contributed by atoms with E-state index >= 15 is 0 Å². The number of rotatable bonds is 1. The summed E-state index contributed by atoms with van der Waals surface area (Å²) in [7, 11) is 0. The topological polar surface area (TPSA) is 63.4 Å². The Morgan fingerprint density at radius 3 is 2.00 bits per heavy atom. The van der Waals surface area contributed by atoms with Crippen molar-refractivity contribution in [1.82, 2.24) is 0 Å². The van der Waals surface area contributed by atoms with E-state index in [0.717, 1.165) is 22.6 Å². The molecule has 0 saturated carbocycles. The van der Waals surface area contributed by atoms with E-state index in [0.29, 0.717) is 0 Å². The van der Waals surface area contributed by atoms with Gasteiger partial charge in [0.15, 0.2) is 11.6 Å². The average molecular weight is 288 g/mol. The van der Waals surface area contributed by atoms with Crippen molar-refractivity contribution in [3.63, 3.8) is 0 Å². The zero-order valence-electron chi connectivity index (χ0n) is 11.0. The largest absolute Gasteiger partial charge is 0.397 e. The van der Waals surface area contributed by atoms with Gasteiger partial charge in [-0.1, -0.05) is 6.07 Å². The first kappa shape index (κ1) is 13.2. The quantitative estimate of drug-likeness (QED) is 0.648. The number of nitrogen functional groups attached to an aromatic ring is 1. The summed E-state index contributed by atoms with van der Waals surface area (Å²) in [4.78, 5) is 25.4. The Hall–Kier alpha value is -2.76. The second kappa shape index (κ2) is 4.37. The summed E-state index contributed by atoms with van der Waals surface area (Å²) in [6.45, 7) is 1.78. The molecule has 0 atom stereocenters. The molecule has 0 spiro atoms. The molecule has 0 saturated heterocycles. The number of halogens is 2. The number of aryl methyl sites for hydroxylation is 1. The molecule has 1 aliphatic rings. The maximum Gasteiger partial charge on any atom is 0.266 e. The van der Waals surface area contributed by atoms with Crippen LogP contribution in [0.2, 0.25) is 0 Å². The van der Waals surface area contributed by atoms with Gasteiger partial charge in [-0.2, -0.15) is 0 Å². The highest BCUT2D eigenvalue weighted by Gasteiger charge is 2.38. The van der Waals surface area contributed by atoms with Crippen LogP contribution in [0.5, 0.6) is 0 Å². The van der Waals surface area contributed by atoms with Crippen LogP contribution in [-0.2, 0) is 0 Å². The molecule has 0 unspecified atom stereocenters. The zero-order valence-corrected chi connectivity index (χ0v) is 11.0. The fraction of sp³-hybridized carbons (Fsp3) is 0.0667. The van der Waals surface area contributed by atoms with Crippen molar-refractivity contribution in [1.29, 1.82) is 0 Å². The van der Waals surface area contributed by atoms with Gasteiger partial charge >= 0.3 is 0 Å². The minimum Gasteiger partial charge on any atom is -0.397 e. The van der Waals surface area contributed by atoms with E-state index in [-0.39, 0.29) is 22.5 Å². The lowest BCUT2D eigenvalue weighted by Gasteiger charge is -2.16. The zero-order chi connectivity index (χ0) is 15.3.